The number of halogens is 3. The Morgan fingerprint density at radius 1 is 0.867 bits per heavy atom. The highest BCUT2D eigenvalue weighted by atomic mass is 127. The zero-order valence-corrected chi connectivity index (χ0v) is 21.6. The highest BCUT2D eigenvalue weighted by molar-refractivity contribution is 14.1. The lowest BCUT2D eigenvalue weighted by Crippen LogP contribution is -2.16. The van der Waals surface area contributed by atoms with Crippen LogP contribution in [0.1, 0.15) is 104 Å². The van der Waals surface area contributed by atoms with Crippen LogP contribution in [-0.2, 0) is 12.8 Å². The molecule has 0 bridgehead atoms. The number of rotatable bonds is 11. The fourth-order valence-corrected chi connectivity index (χ4v) is 5.19. The number of unbranched alkanes of at least 4 members (excludes halogenated alkanes) is 9. The summed E-state index contributed by atoms with van der Waals surface area (Å²) in [5.41, 5.74) is 3.98. The summed E-state index contributed by atoms with van der Waals surface area (Å²) in [5.74, 6) is -0.293. The molecule has 0 fully saturated rings. The van der Waals surface area contributed by atoms with Crippen molar-refractivity contribution in [3.63, 3.8) is 0 Å². The van der Waals surface area contributed by atoms with Gasteiger partial charge in [0.05, 0.1) is 0 Å². The molecule has 162 valence electrons. The zero-order valence-electron chi connectivity index (χ0n) is 17.8. The van der Waals surface area contributed by atoms with E-state index in [1.807, 2.05) is 12.1 Å². The number of ketones is 1. The molecule has 0 unspecified atom stereocenters. The number of carbonyl (C=O) groups excluding carboxylic acids is 1. The second-order valence-electron chi connectivity index (χ2n) is 8.46. The fraction of sp³-hybridized carbons (Fsp3) is 0.500. The van der Waals surface area contributed by atoms with Crippen molar-refractivity contribution >= 4 is 44.3 Å². The summed E-state index contributed by atoms with van der Waals surface area (Å²) in [6.45, 7) is 2.25. The highest BCUT2D eigenvalue weighted by Crippen LogP contribution is 2.33. The van der Waals surface area contributed by atoms with Gasteiger partial charge in [-0.15, -0.1) is 0 Å². The Hall–Kier alpha value is -0.750. The van der Waals surface area contributed by atoms with Crippen molar-refractivity contribution < 1.29 is 9.18 Å². The largest absolute Gasteiger partial charge is 0.289 e. The van der Waals surface area contributed by atoms with Crippen LogP contribution in [0.4, 0.5) is 4.39 Å². The number of benzene rings is 2. The molecule has 2 aromatic carbocycles. The number of hydrogen-bond acceptors (Lipinski definition) is 1. The first-order chi connectivity index (χ1) is 14.5. The van der Waals surface area contributed by atoms with Crippen LogP contribution in [0.15, 0.2) is 28.7 Å². The van der Waals surface area contributed by atoms with E-state index in [-0.39, 0.29) is 11.6 Å². The summed E-state index contributed by atoms with van der Waals surface area (Å²) >= 11 is 5.77. The molecular formula is C26H31BrFIO. The minimum absolute atomic E-state index is 0.0623. The lowest BCUT2D eigenvalue weighted by molar-refractivity contribution is 0.103. The molecule has 0 atom stereocenters. The van der Waals surface area contributed by atoms with E-state index in [4.69, 9.17) is 0 Å². The maximum Gasteiger partial charge on any atom is 0.193 e. The zero-order chi connectivity index (χ0) is 21.5. The minimum Gasteiger partial charge on any atom is -0.289 e. The molecule has 4 heteroatoms. The number of carbonyl (C=O) groups is 1. The van der Waals surface area contributed by atoms with Gasteiger partial charge in [-0.05, 0) is 92.7 Å². The average Bonchev–Trinajstić information content (AvgIpc) is 2.72. The average molecular weight is 585 g/mol. The monoisotopic (exact) mass is 584 g/mol. The van der Waals surface area contributed by atoms with Crippen LogP contribution in [0.5, 0.6) is 0 Å². The van der Waals surface area contributed by atoms with Crippen LogP contribution in [0.2, 0.25) is 0 Å². The highest BCUT2D eigenvalue weighted by Gasteiger charge is 2.25. The van der Waals surface area contributed by atoms with Crippen LogP contribution >= 0.6 is 38.5 Å². The Balaban J connectivity index is 1.52. The van der Waals surface area contributed by atoms with Crippen molar-refractivity contribution in [2.45, 2.75) is 84.0 Å². The van der Waals surface area contributed by atoms with Gasteiger partial charge in [-0.3, -0.25) is 4.79 Å². The van der Waals surface area contributed by atoms with E-state index in [0.29, 0.717) is 17.5 Å². The van der Waals surface area contributed by atoms with Crippen LogP contribution in [0.25, 0.3) is 0 Å². The molecule has 1 aliphatic rings. The summed E-state index contributed by atoms with van der Waals surface area (Å²) in [4.78, 5) is 12.9. The van der Waals surface area contributed by atoms with Crippen molar-refractivity contribution in [2.75, 3.05) is 0 Å². The Morgan fingerprint density at radius 2 is 1.43 bits per heavy atom. The van der Waals surface area contributed by atoms with Gasteiger partial charge in [0.2, 0.25) is 0 Å². The first kappa shape index (κ1) is 23.9. The van der Waals surface area contributed by atoms with E-state index < -0.39 is 0 Å². The first-order valence-electron chi connectivity index (χ1n) is 11.3. The molecule has 0 aromatic heterocycles. The van der Waals surface area contributed by atoms with Gasteiger partial charge < -0.3 is 0 Å². The SMILES string of the molecule is CCCCCCCCCCCCc1cc2c(cc1F)C(=O)c1cc(Br)c(I)cc1C2. The molecule has 1 aliphatic carbocycles. The molecule has 0 N–H and O–H groups in total. The van der Waals surface area contributed by atoms with E-state index in [1.165, 1.54) is 57.4 Å². The van der Waals surface area contributed by atoms with Crippen molar-refractivity contribution in [1.82, 2.24) is 0 Å². The van der Waals surface area contributed by atoms with Gasteiger partial charge in [-0.25, -0.2) is 4.39 Å². The van der Waals surface area contributed by atoms with Crippen molar-refractivity contribution in [3.05, 3.63) is 65.9 Å². The third kappa shape index (κ3) is 6.15. The normalized spacial score (nSPS) is 12.7. The van der Waals surface area contributed by atoms with Crippen molar-refractivity contribution in [1.29, 1.82) is 0 Å². The Morgan fingerprint density at radius 3 is 2.10 bits per heavy atom. The smallest absolute Gasteiger partial charge is 0.193 e. The molecule has 0 amide bonds. The van der Waals surface area contributed by atoms with Gasteiger partial charge in [-0.2, -0.15) is 0 Å². The van der Waals surface area contributed by atoms with Crippen LogP contribution in [0.3, 0.4) is 0 Å². The maximum atomic E-state index is 14.7. The van der Waals surface area contributed by atoms with Crippen LogP contribution < -0.4 is 0 Å². The minimum atomic E-state index is -0.231. The van der Waals surface area contributed by atoms with Gasteiger partial charge in [0.25, 0.3) is 0 Å². The van der Waals surface area contributed by atoms with Gasteiger partial charge in [0, 0.05) is 19.2 Å². The predicted molar refractivity (Wildman–Crippen MR) is 135 cm³/mol. The standard InChI is InChI=1S/C26H31BrFIO/c1-2-3-4-5-6-7-8-9-10-11-12-18-13-19-14-20-15-25(29)23(27)16-21(20)26(30)22(19)17-24(18)28/h13,15-17H,2-12,14H2,1H3. The first-order valence-corrected chi connectivity index (χ1v) is 13.2. The van der Waals surface area contributed by atoms with Gasteiger partial charge in [0.1, 0.15) is 5.82 Å². The Bertz CT molecular complexity index is 893. The Labute approximate surface area is 202 Å². The molecular weight excluding hydrogens is 554 g/mol. The molecule has 1 nitrogen and oxygen atoms in total. The van der Waals surface area contributed by atoms with Gasteiger partial charge in [-0.1, -0.05) is 70.8 Å². The lowest BCUT2D eigenvalue weighted by Gasteiger charge is -2.20. The van der Waals surface area contributed by atoms with E-state index in [9.17, 15) is 9.18 Å². The summed E-state index contributed by atoms with van der Waals surface area (Å²) in [5, 5.41) is 0. The summed E-state index contributed by atoms with van der Waals surface area (Å²) in [6.07, 6.45) is 14.2. The molecule has 2 aromatic rings. The van der Waals surface area contributed by atoms with E-state index in [1.54, 1.807) is 0 Å². The van der Waals surface area contributed by atoms with Crippen molar-refractivity contribution in [3.8, 4) is 0 Å². The number of aryl methyl sites for hydroxylation is 1. The molecule has 0 spiro atoms. The van der Waals surface area contributed by atoms with Crippen LogP contribution in [0, 0.1) is 9.39 Å². The third-order valence-corrected chi connectivity index (χ3v) is 8.38. The quantitative estimate of drug-likeness (QED) is 0.162. The second-order valence-corrected chi connectivity index (χ2v) is 10.5. The van der Waals surface area contributed by atoms with Crippen molar-refractivity contribution in [2.24, 2.45) is 0 Å². The van der Waals surface area contributed by atoms with Gasteiger partial charge >= 0.3 is 0 Å². The molecule has 0 saturated heterocycles. The fourth-order valence-electron chi connectivity index (χ4n) is 4.32. The molecule has 0 saturated carbocycles. The topological polar surface area (TPSA) is 17.1 Å². The number of hydrogen-bond donors (Lipinski definition) is 0. The molecule has 0 heterocycles. The molecule has 0 aliphatic heterocycles. The van der Waals surface area contributed by atoms with E-state index in [0.717, 1.165) is 44.0 Å². The van der Waals surface area contributed by atoms with Gasteiger partial charge in [0.15, 0.2) is 5.78 Å². The predicted octanol–water partition coefficient (Wildman–Crippen LogP) is 8.79. The summed E-state index contributed by atoms with van der Waals surface area (Å²) in [7, 11) is 0. The van der Waals surface area contributed by atoms with Crippen LogP contribution in [-0.4, -0.2) is 5.78 Å². The second kappa shape index (κ2) is 11.8. The lowest BCUT2D eigenvalue weighted by atomic mass is 9.83. The summed E-state index contributed by atoms with van der Waals surface area (Å²) < 4.78 is 16.7. The van der Waals surface area contributed by atoms with E-state index >= 15 is 0 Å². The molecule has 30 heavy (non-hydrogen) atoms. The molecule has 0 radical (unpaired) electrons. The third-order valence-electron chi connectivity index (χ3n) is 6.09. The maximum absolute atomic E-state index is 14.7. The van der Waals surface area contributed by atoms with E-state index in [2.05, 4.69) is 51.5 Å². The molecule has 3 rings (SSSR count). The number of fused-ring (bicyclic) bond motifs is 2. The summed E-state index contributed by atoms with van der Waals surface area (Å²) in [6, 6.07) is 7.34. The Kier molecular flexibility index (Phi) is 9.36.